The monoisotopic (exact) mass is 717 g/mol. The first-order valence-electron chi connectivity index (χ1n) is 15.1. The second-order valence-corrected chi connectivity index (χ2v) is 13.1. The molecule has 0 spiro atoms. The largest absolute Gasteiger partial charge is 0.493 e. The molecule has 6 unspecified atom stereocenters. The molecule has 0 aliphatic carbocycles. The number of benzene rings is 1. The van der Waals surface area contributed by atoms with E-state index in [1.807, 2.05) is 0 Å². The highest BCUT2D eigenvalue weighted by Gasteiger charge is 2.39. The highest BCUT2D eigenvalue weighted by atomic mass is 32.2. The Morgan fingerprint density at radius 2 is 1.65 bits per heavy atom. The molecule has 0 radical (unpaired) electrons. The standard InChI is InChI=1S/C30H47N5O13S/c1-15(26(37)38)25(24(32)23(16(2)31)27(39)40)34-22(36)9-8-10-47-21-12-19(35(43)44)17(11-20(21)45-6)13-49-14-18(28(41)46-7)33-29(42)48-30(3,4)5/h11-12,15-16,18,23-25H,8-10,13-14,31-32H2,1-7H3,(H,33,42)(H,34,36)(H,37,38)(H,39,40). The lowest BCUT2D eigenvalue weighted by atomic mass is 9.83. The van der Waals surface area contributed by atoms with Crippen LogP contribution in [-0.2, 0) is 34.4 Å². The molecule has 276 valence electrons. The molecule has 18 nitrogen and oxygen atoms in total. The fourth-order valence-corrected chi connectivity index (χ4v) is 5.57. The van der Waals surface area contributed by atoms with E-state index < -0.39 is 76.4 Å². The number of amides is 2. The van der Waals surface area contributed by atoms with E-state index >= 15 is 0 Å². The van der Waals surface area contributed by atoms with Crippen LogP contribution in [0.2, 0.25) is 0 Å². The molecule has 19 heteroatoms. The minimum Gasteiger partial charge on any atom is -0.493 e. The third-order valence-corrected chi connectivity index (χ3v) is 8.11. The Hall–Kier alpha value is -4.36. The summed E-state index contributed by atoms with van der Waals surface area (Å²) in [5.74, 6) is -6.33. The van der Waals surface area contributed by atoms with Crippen LogP contribution in [0.3, 0.4) is 0 Å². The van der Waals surface area contributed by atoms with Gasteiger partial charge in [0.2, 0.25) is 5.91 Å². The Bertz CT molecular complexity index is 1340. The Kier molecular flexibility index (Phi) is 17.1. The normalized spacial score (nSPS) is 15.0. The van der Waals surface area contributed by atoms with Crippen molar-refractivity contribution in [3.05, 3.63) is 27.8 Å². The van der Waals surface area contributed by atoms with E-state index in [1.54, 1.807) is 20.8 Å². The lowest BCUT2D eigenvalue weighted by molar-refractivity contribution is -0.385. The van der Waals surface area contributed by atoms with Gasteiger partial charge in [0.05, 0.1) is 49.7 Å². The van der Waals surface area contributed by atoms with Gasteiger partial charge in [-0.1, -0.05) is 0 Å². The van der Waals surface area contributed by atoms with Gasteiger partial charge in [0.25, 0.3) is 5.69 Å². The molecule has 1 aromatic rings. The lowest BCUT2D eigenvalue weighted by Crippen LogP contribution is -2.60. The zero-order valence-corrected chi connectivity index (χ0v) is 29.4. The molecule has 0 saturated heterocycles. The summed E-state index contributed by atoms with van der Waals surface area (Å²) in [4.78, 5) is 71.8. The molecule has 1 rings (SSSR count). The second-order valence-electron chi connectivity index (χ2n) is 12.1. The molecule has 2 amide bonds. The number of thioether (sulfide) groups is 1. The van der Waals surface area contributed by atoms with Crippen molar-refractivity contribution in [1.29, 1.82) is 0 Å². The third-order valence-electron chi connectivity index (χ3n) is 7.02. The number of rotatable bonds is 20. The van der Waals surface area contributed by atoms with Crippen molar-refractivity contribution in [1.82, 2.24) is 10.6 Å². The van der Waals surface area contributed by atoms with Gasteiger partial charge in [-0.25, -0.2) is 9.59 Å². The Morgan fingerprint density at radius 1 is 1.02 bits per heavy atom. The molecule has 0 aliphatic rings. The van der Waals surface area contributed by atoms with Crippen molar-refractivity contribution in [2.24, 2.45) is 23.3 Å². The van der Waals surface area contributed by atoms with Gasteiger partial charge in [-0.2, -0.15) is 11.8 Å². The van der Waals surface area contributed by atoms with Crippen LogP contribution in [0.4, 0.5) is 10.5 Å². The molecular weight excluding hydrogens is 670 g/mol. The van der Waals surface area contributed by atoms with Crippen LogP contribution in [0.25, 0.3) is 0 Å². The first-order chi connectivity index (χ1) is 22.7. The smallest absolute Gasteiger partial charge is 0.408 e. The molecule has 6 atom stereocenters. The number of carboxylic acids is 2. The Morgan fingerprint density at radius 3 is 2.14 bits per heavy atom. The fraction of sp³-hybridized carbons (Fsp3) is 0.633. The average Bonchev–Trinajstić information content (AvgIpc) is 2.99. The average molecular weight is 718 g/mol. The number of carboxylic acid groups (broad SMARTS) is 2. The van der Waals surface area contributed by atoms with Crippen molar-refractivity contribution in [3.8, 4) is 11.5 Å². The molecule has 49 heavy (non-hydrogen) atoms. The van der Waals surface area contributed by atoms with Crippen LogP contribution < -0.4 is 31.6 Å². The number of hydrogen-bond donors (Lipinski definition) is 6. The van der Waals surface area contributed by atoms with Gasteiger partial charge in [-0.15, -0.1) is 0 Å². The zero-order chi connectivity index (χ0) is 37.6. The summed E-state index contributed by atoms with van der Waals surface area (Å²) in [5, 5.41) is 35.9. The van der Waals surface area contributed by atoms with Crippen molar-refractivity contribution in [2.45, 2.75) is 83.0 Å². The van der Waals surface area contributed by atoms with Gasteiger partial charge in [0.1, 0.15) is 11.6 Å². The Labute approximate surface area is 288 Å². The molecule has 0 aliphatic heterocycles. The van der Waals surface area contributed by atoms with E-state index in [0.717, 1.165) is 24.9 Å². The van der Waals surface area contributed by atoms with E-state index in [-0.39, 0.29) is 53.7 Å². The summed E-state index contributed by atoms with van der Waals surface area (Å²) in [7, 11) is 2.49. The molecule has 0 heterocycles. The number of alkyl carbamates (subject to hydrolysis) is 1. The van der Waals surface area contributed by atoms with Gasteiger partial charge in [-0.3, -0.25) is 24.5 Å². The molecule has 8 N–H and O–H groups in total. The first-order valence-corrected chi connectivity index (χ1v) is 16.3. The summed E-state index contributed by atoms with van der Waals surface area (Å²) in [6, 6.07) is -2.01. The second kappa shape index (κ2) is 19.6. The van der Waals surface area contributed by atoms with Crippen LogP contribution in [0.5, 0.6) is 11.5 Å². The number of nitro benzene ring substituents is 1. The number of nitrogens with one attached hydrogen (secondary N) is 2. The summed E-state index contributed by atoms with van der Waals surface area (Å²) < 4.78 is 21.0. The number of carbonyl (C=O) groups excluding carboxylic acids is 3. The van der Waals surface area contributed by atoms with Gasteiger partial charge >= 0.3 is 24.0 Å². The SMILES string of the molecule is COC(=O)C(CSCc1cc(OC)c(OCCCC(=O)NC(C(C)C(=O)O)C(N)C(C(=O)O)C(C)N)cc1[N+](=O)[O-])NC(=O)OC(C)(C)C. The predicted molar refractivity (Wildman–Crippen MR) is 177 cm³/mol. The predicted octanol–water partition coefficient (Wildman–Crippen LogP) is 1.64. The number of nitro groups is 1. The molecule has 0 bridgehead atoms. The Balaban J connectivity index is 2.97. The van der Waals surface area contributed by atoms with Crippen LogP contribution in [0.1, 0.15) is 53.0 Å². The van der Waals surface area contributed by atoms with Gasteiger partial charge in [-0.05, 0) is 47.1 Å². The van der Waals surface area contributed by atoms with Gasteiger partial charge < -0.3 is 51.3 Å². The van der Waals surface area contributed by atoms with Crippen LogP contribution in [0, 0.1) is 22.0 Å². The van der Waals surface area contributed by atoms with Crippen molar-refractivity contribution < 1.29 is 58.1 Å². The molecule has 0 aromatic heterocycles. The summed E-state index contributed by atoms with van der Waals surface area (Å²) in [6.07, 6.45) is -0.927. The van der Waals surface area contributed by atoms with Crippen LogP contribution >= 0.6 is 11.8 Å². The maximum Gasteiger partial charge on any atom is 0.408 e. The van der Waals surface area contributed by atoms with E-state index in [1.165, 1.54) is 27.0 Å². The summed E-state index contributed by atoms with van der Waals surface area (Å²) in [6.45, 7) is 7.58. The van der Waals surface area contributed by atoms with Crippen molar-refractivity contribution in [3.63, 3.8) is 0 Å². The highest BCUT2D eigenvalue weighted by Crippen LogP contribution is 2.36. The molecule has 0 fully saturated rings. The highest BCUT2D eigenvalue weighted by molar-refractivity contribution is 7.98. The first kappa shape index (κ1) is 42.7. The van der Waals surface area contributed by atoms with E-state index in [0.29, 0.717) is 0 Å². The number of esters is 1. The number of methoxy groups -OCH3 is 2. The quantitative estimate of drug-likeness (QED) is 0.0484. The molecule has 0 saturated carbocycles. The van der Waals surface area contributed by atoms with Crippen LogP contribution in [-0.4, -0.2) is 101 Å². The number of aliphatic carboxylic acids is 2. The van der Waals surface area contributed by atoms with Crippen molar-refractivity contribution >= 4 is 47.4 Å². The van der Waals surface area contributed by atoms with Gasteiger partial charge in [0.15, 0.2) is 11.5 Å². The molecule has 1 aromatic carbocycles. The number of nitrogens with zero attached hydrogens (tertiary/aromatic N) is 1. The number of hydrogen-bond acceptors (Lipinski definition) is 14. The van der Waals surface area contributed by atoms with E-state index in [2.05, 4.69) is 10.6 Å². The zero-order valence-electron chi connectivity index (χ0n) is 28.5. The third kappa shape index (κ3) is 14.0. The molecular formula is C30H47N5O13S. The van der Waals surface area contributed by atoms with Crippen molar-refractivity contribution in [2.75, 3.05) is 26.6 Å². The topological polar surface area (TPSA) is 282 Å². The number of carbonyl (C=O) groups is 5. The minimum absolute atomic E-state index is 0.00488. The van der Waals surface area contributed by atoms with E-state index in [9.17, 15) is 44.3 Å². The number of nitrogens with two attached hydrogens (primary N) is 2. The number of ether oxygens (including phenoxy) is 4. The fourth-order valence-electron chi connectivity index (χ4n) is 4.54. The maximum atomic E-state index is 12.7. The summed E-state index contributed by atoms with van der Waals surface area (Å²) >= 11 is 1.11. The van der Waals surface area contributed by atoms with Gasteiger partial charge in [0, 0.05) is 35.6 Å². The summed E-state index contributed by atoms with van der Waals surface area (Å²) in [5.41, 5.74) is 11.0. The van der Waals surface area contributed by atoms with E-state index in [4.69, 9.17) is 30.4 Å². The van der Waals surface area contributed by atoms with Crippen LogP contribution in [0.15, 0.2) is 12.1 Å². The lowest BCUT2D eigenvalue weighted by Gasteiger charge is -2.33. The maximum absolute atomic E-state index is 12.7. The minimum atomic E-state index is -1.33.